The van der Waals surface area contributed by atoms with Gasteiger partial charge in [0.25, 0.3) is 0 Å². The fourth-order valence-electron chi connectivity index (χ4n) is 1.46. The van der Waals surface area contributed by atoms with Gasteiger partial charge in [0.05, 0.1) is 18.4 Å². The first-order valence-electron chi connectivity index (χ1n) is 5.01. The van der Waals surface area contributed by atoms with E-state index in [4.69, 9.17) is 0 Å². The molecule has 0 amide bonds. The Morgan fingerprint density at radius 2 is 2.25 bits per heavy atom. The summed E-state index contributed by atoms with van der Waals surface area (Å²) < 4.78 is 3.04. The van der Waals surface area contributed by atoms with E-state index in [0.29, 0.717) is 0 Å². The lowest BCUT2D eigenvalue weighted by molar-refractivity contribution is 0.683. The molecule has 2 rings (SSSR count). The molecule has 1 aromatic carbocycles. The Bertz CT molecular complexity index is 492. The molecule has 1 heterocycles. The molecule has 0 atom stereocenters. The number of benzene rings is 1. The van der Waals surface area contributed by atoms with Crippen LogP contribution in [0.25, 0.3) is 0 Å². The largest absolute Gasteiger partial charge is 0.379 e. The lowest BCUT2D eigenvalue weighted by atomic mass is 10.2. The molecule has 84 valence electrons. The van der Waals surface area contributed by atoms with Gasteiger partial charge in [-0.1, -0.05) is 11.3 Å². The Kier molecular flexibility index (Phi) is 3.42. The molecule has 0 aliphatic carbocycles. The Morgan fingerprint density at radius 3 is 2.94 bits per heavy atom. The highest BCUT2D eigenvalue weighted by atomic mass is 127. The van der Waals surface area contributed by atoms with Crippen LogP contribution < -0.4 is 5.32 Å². The summed E-state index contributed by atoms with van der Waals surface area (Å²) in [5.41, 5.74) is 3.50. The van der Waals surface area contributed by atoms with Crippen molar-refractivity contribution in [1.29, 1.82) is 0 Å². The number of aromatic nitrogens is 3. The van der Waals surface area contributed by atoms with Crippen LogP contribution in [0.2, 0.25) is 0 Å². The topological polar surface area (TPSA) is 42.7 Å². The molecule has 4 nitrogen and oxygen atoms in total. The van der Waals surface area contributed by atoms with Gasteiger partial charge in [0.1, 0.15) is 0 Å². The van der Waals surface area contributed by atoms with Crippen molar-refractivity contribution in [3.05, 3.63) is 39.2 Å². The van der Waals surface area contributed by atoms with E-state index in [1.54, 1.807) is 10.9 Å². The maximum absolute atomic E-state index is 3.89. The normalized spacial score (nSPS) is 10.4. The SMILES string of the molecule is Cc1c(I)cccc1NCc1cnnn1C. The molecule has 0 aliphatic rings. The molecular weight excluding hydrogens is 315 g/mol. The number of anilines is 1. The molecule has 5 heteroatoms. The second-order valence-electron chi connectivity index (χ2n) is 3.61. The standard InChI is InChI=1S/C11H13IN4/c1-8-10(12)4-3-5-11(8)13-6-9-7-14-15-16(9)2/h3-5,7,13H,6H2,1-2H3. The molecule has 0 radical (unpaired) electrons. The number of nitrogens with zero attached hydrogens (tertiary/aromatic N) is 3. The van der Waals surface area contributed by atoms with E-state index in [-0.39, 0.29) is 0 Å². The highest BCUT2D eigenvalue weighted by Gasteiger charge is 2.03. The molecular formula is C11H13IN4. The van der Waals surface area contributed by atoms with Crippen LogP contribution in [-0.4, -0.2) is 15.0 Å². The molecule has 0 unspecified atom stereocenters. The first kappa shape index (κ1) is 11.4. The predicted molar refractivity (Wildman–Crippen MR) is 72.2 cm³/mol. The first-order chi connectivity index (χ1) is 7.68. The fraction of sp³-hybridized carbons (Fsp3) is 0.273. The van der Waals surface area contributed by atoms with E-state index in [2.05, 4.69) is 63.3 Å². The van der Waals surface area contributed by atoms with Gasteiger partial charge in [-0.05, 0) is 47.2 Å². The Hall–Kier alpha value is -1.11. The second kappa shape index (κ2) is 4.82. The number of nitrogens with one attached hydrogen (secondary N) is 1. The number of hydrogen-bond donors (Lipinski definition) is 1. The third-order valence-corrected chi connectivity index (χ3v) is 3.70. The van der Waals surface area contributed by atoms with Crippen LogP contribution in [0, 0.1) is 10.5 Å². The Labute approximate surface area is 108 Å². The number of rotatable bonds is 3. The van der Waals surface area contributed by atoms with Gasteiger partial charge in [-0.3, -0.25) is 4.68 Å². The van der Waals surface area contributed by atoms with Crippen molar-refractivity contribution < 1.29 is 0 Å². The molecule has 16 heavy (non-hydrogen) atoms. The summed E-state index contributed by atoms with van der Waals surface area (Å²) in [5, 5.41) is 11.1. The van der Waals surface area contributed by atoms with Gasteiger partial charge in [-0.15, -0.1) is 5.10 Å². The molecule has 1 N–H and O–H groups in total. The lowest BCUT2D eigenvalue weighted by Gasteiger charge is -2.10. The van der Waals surface area contributed by atoms with Gasteiger partial charge in [0, 0.05) is 16.3 Å². The van der Waals surface area contributed by atoms with Crippen molar-refractivity contribution in [2.24, 2.45) is 7.05 Å². The van der Waals surface area contributed by atoms with Crippen LogP contribution in [0.4, 0.5) is 5.69 Å². The van der Waals surface area contributed by atoms with Gasteiger partial charge < -0.3 is 5.32 Å². The van der Waals surface area contributed by atoms with Gasteiger partial charge >= 0.3 is 0 Å². The van der Waals surface area contributed by atoms with Gasteiger partial charge in [0.2, 0.25) is 0 Å². The molecule has 1 aromatic heterocycles. The third kappa shape index (κ3) is 2.34. The van der Waals surface area contributed by atoms with Gasteiger partial charge in [0.15, 0.2) is 0 Å². The number of aryl methyl sites for hydroxylation is 1. The lowest BCUT2D eigenvalue weighted by Crippen LogP contribution is -2.06. The molecule has 0 bridgehead atoms. The average molecular weight is 328 g/mol. The highest BCUT2D eigenvalue weighted by Crippen LogP contribution is 2.20. The van der Waals surface area contributed by atoms with Gasteiger partial charge in [-0.25, -0.2) is 0 Å². The van der Waals surface area contributed by atoms with Crippen LogP contribution in [0.15, 0.2) is 24.4 Å². The van der Waals surface area contributed by atoms with Crippen LogP contribution in [0.1, 0.15) is 11.3 Å². The highest BCUT2D eigenvalue weighted by molar-refractivity contribution is 14.1. The summed E-state index contributed by atoms with van der Waals surface area (Å²) in [4.78, 5) is 0. The molecule has 0 saturated heterocycles. The monoisotopic (exact) mass is 328 g/mol. The summed E-state index contributed by atoms with van der Waals surface area (Å²) >= 11 is 2.34. The zero-order valence-electron chi connectivity index (χ0n) is 9.24. The van der Waals surface area contributed by atoms with Crippen molar-refractivity contribution in [2.45, 2.75) is 13.5 Å². The summed E-state index contributed by atoms with van der Waals surface area (Å²) in [7, 11) is 1.89. The summed E-state index contributed by atoms with van der Waals surface area (Å²) in [6, 6.07) is 6.24. The fourth-order valence-corrected chi connectivity index (χ4v) is 1.95. The van der Waals surface area contributed by atoms with Crippen molar-refractivity contribution >= 4 is 28.3 Å². The van der Waals surface area contributed by atoms with Crippen molar-refractivity contribution in [2.75, 3.05) is 5.32 Å². The van der Waals surface area contributed by atoms with Crippen LogP contribution >= 0.6 is 22.6 Å². The second-order valence-corrected chi connectivity index (χ2v) is 4.78. The Balaban J connectivity index is 2.11. The van der Waals surface area contributed by atoms with Crippen LogP contribution in [0.3, 0.4) is 0 Å². The van der Waals surface area contributed by atoms with E-state index >= 15 is 0 Å². The molecule has 0 fully saturated rings. The van der Waals surface area contributed by atoms with Crippen molar-refractivity contribution in [3.63, 3.8) is 0 Å². The zero-order valence-corrected chi connectivity index (χ0v) is 11.4. The van der Waals surface area contributed by atoms with E-state index in [1.165, 1.54) is 9.13 Å². The minimum atomic E-state index is 0.741. The minimum Gasteiger partial charge on any atom is -0.379 e. The van der Waals surface area contributed by atoms with Crippen LogP contribution in [0.5, 0.6) is 0 Å². The minimum absolute atomic E-state index is 0.741. The molecule has 0 spiro atoms. The molecule has 0 saturated carbocycles. The van der Waals surface area contributed by atoms with E-state index in [1.807, 2.05) is 7.05 Å². The van der Waals surface area contributed by atoms with E-state index < -0.39 is 0 Å². The van der Waals surface area contributed by atoms with E-state index in [9.17, 15) is 0 Å². The summed E-state index contributed by atoms with van der Waals surface area (Å²) in [6.45, 7) is 2.86. The third-order valence-electron chi connectivity index (χ3n) is 2.54. The Morgan fingerprint density at radius 1 is 1.44 bits per heavy atom. The number of halogens is 1. The molecule has 2 aromatic rings. The van der Waals surface area contributed by atoms with Crippen LogP contribution in [-0.2, 0) is 13.6 Å². The summed E-state index contributed by atoms with van der Waals surface area (Å²) in [5.74, 6) is 0. The average Bonchev–Trinajstić information content (AvgIpc) is 2.67. The van der Waals surface area contributed by atoms with Gasteiger partial charge in [-0.2, -0.15) is 0 Å². The smallest absolute Gasteiger partial charge is 0.0774 e. The zero-order chi connectivity index (χ0) is 11.5. The van der Waals surface area contributed by atoms with E-state index in [0.717, 1.165) is 17.9 Å². The quantitative estimate of drug-likeness (QED) is 0.880. The maximum Gasteiger partial charge on any atom is 0.0774 e. The first-order valence-corrected chi connectivity index (χ1v) is 6.09. The van der Waals surface area contributed by atoms with Crippen molar-refractivity contribution in [3.8, 4) is 0 Å². The predicted octanol–water partition coefficient (Wildman–Crippen LogP) is 2.34. The maximum atomic E-state index is 3.89. The summed E-state index contributed by atoms with van der Waals surface area (Å²) in [6.07, 6.45) is 1.77. The molecule has 0 aliphatic heterocycles. The van der Waals surface area contributed by atoms with Crippen molar-refractivity contribution in [1.82, 2.24) is 15.0 Å². The number of hydrogen-bond acceptors (Lipinski definition) is 3.